The maximum absolute atomic E-state index is 12.1. The summed E-state index contributed by atoms with van der Waals surface area (Å²) in [5.41, 5.74) is 2.77. The third kappa shape index (κ3) is 4.66. The van der Waals surface area contributed by atoms with E-state index in [4.69, 9.17) is 0 Å². The highest BCUT2D eigenvalue weighted by atomic mass is 16.1. The van der Waals surface area contributed by atoms with Crippen LogP contribution < -0.4 is 10.2 Å². The lowest BCUT2D eigenvalue weighted by Gasteiger charge is -2.30. The van der Waals surface area contributed by atoms with Crippen molar-refractivity contribution in [3.8, 4) is 0 Å². The molecule has 5 heteroatoms. The van der Waals surface area contributed by atoms with Crippen LogP contribution in [0, 0.1) is 12.8 Å². The molecule has 1 fully saturated rings. The lowest BCUT2D eigenvalue weighted by molar-refractivity contribution is -0.111. The second-order valence-corrected chi connectivity index (χ2v) is 6.62. The average Bonchev–Trinajstić information content (AvgIpc) is 2.62. The standard InChI is InChI=1S/C20H24N4O/c1-15-9-11-24(12-10-15)20-21-13-18(14-22-20)23-19(25)8-7-17-6-4-3-5-16(17)2/h3-8,13-15H,9-12H2,1-2H3,(H,23,25)/b8-7+. The molecule has 2 heterocycles. The fourth-order valence-corrected chi connectivity index (χ4v) is 2.88. The minimum atomic E-state index is -0.189. The van der Waals surface area contributed by atoms with Gasteiger partial charge in [-0.15, -0.1) is 0 Å². The summed E-state index contributed by atoms with van der Waals surface area (Å²) < 4.78 is 0. The smallest absolute Gasteiger partial charge is 0.248 e. The van der Waals surface area contributed by atoms with Gasteiger partial charge in [-0.05, 0) is 42.9 Å². The highest BCUT2D eigenvalue weighted by Gasteiger charge is 2.17. The van der Waals surface area contributed by atoms with Crippen LogP contribution in [0.4, 0.5) is 11.6 Å². The van der Waals surface area contributed by atoms with Crippen LogP contribution >= 0.6 is 0 Å². The number of nitrogens with zero attached hydrogens (tertiary/aromatic N) is 3. The molecule has 3 rings (SSSR count). The largest absolute Gasteiger partial charge is 0.341 e. The molecular formula is C20H24N4O. The van der Waals surface area contributed by atoms with E-state index in [2.05, 4.69) is 27.1 Å². The molecular weight excluding hydrogens is 312 g/mol. The molecule has 0 saturated carbocycles. The van der Waals surface area contributed by atoms with Gasteiger partial charge in [-0.1, -0.05) is 31.2 Å². The number of piperidine rings is 1. The Balaban J connectivity index is 1.58. The van der Waals surface area contributed by atoms with E-state index in [1.165, 1.54) is 18.9 Å². The first-order valence-corrected chi connectivity index (χ1v) is 8.73. The van der Waals surface area contributed by atoms with Crippen LogP contribution in [0.3, 0.4) is 0 Å². The van der Waals surface area contributed by atoms with Gasteiger partial charge in [0.05, 0.1) is 18.1 Å². The topological polar surface area (TPSA) is 58.1 Å². The number of rotatable bonds is 4. The summed E-state index contributed by atoms with van der Waals surface area (Å²) in [5, 5.41) is 2.80. The molecule has 0 unspecified atom stereocenters. The average molecular weight is 336 g/mol. The van der Waals surface area contributed by atoms with Crippen molar-refractivity contribution in [3.63, 3.8) is 0 Å². The van der Waals surface area contributed by atoms with Crippen molar-refractivity contribution in [1.29, 1.82) is 0 Å². The lowest BCUT2D eigenvalue weighted by Crippen LogP contribution is -2.34. The molecule has 0 atom stereocenters. The van der Waals surface area contributed by atoms with Crippen LogP contribution in [0.15, 0.2) is 42.7 Å². The quantitative estimate of drug-likeness (QED) is 0.866. The summed E-state index contributed by atoms with van der Waals surface area (Å²) in [4.78, 5) is 23.0. The van der Waals surface area contributed by atoms with E-state index in [1.54, 1.807) is 12.4 Å². The van der Waals surface area contributed by atoms with Crippen molar-refractivity contribution in [2.75, 3.05) is 23.3 Å². The number of carbonyl (C=O) groups is 1. The van der Waals surface area contributed by atoms with E-state index in [1.807, 2.05) is 37.3 Å². The molecule has 130 valence electrons. The number of hydrogen-bond donors (Lipinski definition) is 1. The Hall–Kier alpha value is -2.69. The van der Waals surface area contributed by atoms with E-state index in [0.717, 1.165) is 36.1 Å². The minimum Gasteiger partial charge on any atom is -0.341 e. The zero-order valence-electron chi connectivity index (χ0n) is 14.8. The van der Waals surface area contributed by atoms with Crippen molar-refractivity contribution in [2.45, 2.75) is 26.7 Å². The van der Waals surface area contributed by atoms with Gasteiger partial charge in [0, 0.05) is 19.2 Å². The number of anilines is 2. The van der Waals surface area contributed by atoms with E-state index >= 15 is 0 Å². The molecule has 1 N–H and O–H groups in total. The first-order chi connectivity index (χ1) is 12.1. The molecule has 1 aromatic carbocycles. The molecule has 1 aliphatic heterocycles. The first-order valence-electron chi connectivity index (χ1n) is 8.73. The zero-order chi connectivity index (χ0) is 17.6. The number of aromatic nitrogens is 2. The normalized spacial score (nSPS) is 15.5. The summed E-state index contributed by atoms with van der Waals surface area (Å²) in [7, 11) is 0. The van der Waals surface area contributed by atoms with Crippen molar-refractivity contribution in [3.05, 3.63) is 53.9 Å². The van der Waals surface area contributed by atoms with Gasteiger partial charge in [0.1, 0.15) is 0 Å². The van der Waals surface area contributed by atoms with E-state index in [0.29, 0.717) is 5.69 Å². The molecule has 0 radical (unpaired) electrons. The summed E-state index contributed by atoms with van der Waals surface area (Å²) in [6.45, 7) is 6.28. The molecule has 1 amide bonds. The zero-order valence-corrected chi connectivity index (χ0v) is 14.8. The predicted octanol–water partition coefficient (Wildman–Crippen LogP) is 3.67. The molecule has 25 heavy (non-hydrogen) atoms. The van der Waals surface area contributed by atoms with Crippen LogP contribution in [0.25, 0.3) is 6.08 Å². The second-order valence-electron chi connectivity index (χ2n) is 6.62. The molecule has 2 aromatic rings. The Morgan fingerprint density at radius 3 is 2.56 bits per heavy atom. The van der Waals surface area contributed by atoms with Gasteiger partial charge in [0.25, 0.3) is 0 Å². The number of carbonyl (C=O) groups excluding carboxylic acids is 1. The van der Waals surface area contributed by atoms with Crippen LogP contribution in [-0.2, 0) is 4.79 Å². The van der Waals surface area contributed by atoms with Crippen LogP contribution in [0.5, 0.6) is 0 Å². The molecule has 0 bridgehead atoms. The fraction of sp³-hybridized carbons (Fsp3) is 0.350. The minimum absolute atomic E-state index is 0.189. The number of nitrogens with one attached hydrogen (secondary N) is 1. The van der Waals surface area contributed by atoms with Gasteiger partial charge < -0.3 is 10.2 Å². The van der Waals surface area contributed by atoms with Gasteiger partial charge >= 0.3 is 0 Å². The van der Waals surface area contributed by atoms with Crippen molar-refractivity contribution >= 4 is 23.6 Å². The summed E-state index contributed by atoms with van der Waals surface area (Å²) in [6.07, 6.45) is 9.02. The van der Waals surface area contributed by atoms with E-state index in [-0.39, 0.29) is 5.91 Å². The third-order valence-corrected chi connectivity index (χ3v) is 4.57. The van der Waals surface area contributed by atoms with Crippen LogP contribution in [0.1, 0.15) is 30.9 Å². The molecule has 0 aliphatic carbocycles. The summed E-state index contributed by atoms with van der Waals surface area (Å²) in [5.74, 6) is 1.32. The molecule has 1 aromatic heterocycles. The van der Waals surface area contributed by atoms with Gasteiger partial charge in [-0.2, -0.15) is 0 Å². The van der Waals surface area contributed by atoms with Gasteiger partial charge in [0.15, 0.2) is 0 Å². The first kappa shape index (κ1) is 17.1. The van der Waals surface area contributed by atoms with Gasteiger partial charge in [-0.25, -0.2) is 9.97 Å². The van der Waals surface area contributed by atoms with Gasteiger partial charge in [-0.3, -0.25) is 4.79 Å². The van der Waals surface area contributed by atoms with Crippen LogP contribution in [-0.4, -0.2) is 29.0 Å². The number of aryl methyl sites for hydroxylation is 1. The summed E-state index contributed by atoms with van der Waals surface area (Å²) in [6, 6.07) is 7.94. The Labute approximate surface area is 148 Å². The maximum atomic E-state index is 12.1. The number of benzene rings is 1. The Bertz CT molecular complexity index is 747. The Morgan fingerprint density at radius 2 is 1.88 bits per heavy atom. The van der Waals surface area contributed by atoms with E-state index < -0.39 is 0 Å². The molecule has 1 aliphatic rings. The summed E-state index contributed by atoms with van der Waals surface area (Å²) >= 11 is 0. The van der Waals surface area contributed by atoms with Crippen molar-refractivity contribution in [1.82, 2.24) is 9.97 Å². The maximum Gasteiger partial charge on any atom is 0.248 e. The Kier molecular flexibility index (Phi) is 5.43. The fourth-order valence-electron chi connectivity index (χ4n) is 2.88. The van der Waals surface area contributed by atoms with Crippen molar-refractivity contribution in [2.24, 2.45) is 5.92 Å². The van der Waals surface area contributed by atoms with Crippen LogP contribution in [0.2, 0.25) is 0 Å². The molecule has 0 spiro atoms. The monoisotopic (exact) mass is 336 g/mol. The van der Waals surface area contributed by atoms with Gasteiger partial charge in [0.2, 0.25) is 11.9 Å². The Morgan fingerprint density at radius 1 is 1.20 bits per heavy atom. The SMILES string of the molecule is Cc1ccccc1/C=C/C(=O)Nc1cnc(N2CCC(C)CC2)nc1. The number of hydrogen-bond acceptors (Lipinski definition) is 4. The molecule has 5 nitrogen and oxygen atoms in total. The second kappa shape index (κ2) is 7.92. The lowest BCUT2D eigenvalue weighted by atomic mass is 10.00. The number of amides is 1. The predicted molar refractivity (Wildman–Crippen MR) is 101 cm³/mol. The molecule has 1 saturated heterocycles. The highest BCUT2D eigenvalue weighted by Crippen LogP contribution is 2.20. The highest BCUT2D eigenvalue weighted by molar-refractivity contribution is 6.01. The third-order valence-electron chi connectivity index (χ3n) is 4.57. The van der Waals surface area contributed by atoms with E-state index in [9.17, 15) is 4.79 Å². The van der Waals surface area contributed by atoms with Crippen molar-refractivity contribution < 1.29 is 4.79 Å².